The summed E-state index contributed by atoms with van der Waals surface area (Å²) in [6.45, 7) is 3.33. The van der Waals surface area contributed by atoms with Crippen molar-refractivity contribution in [2.24, 2.45) is 0 Å². The van der Waals surface area contributed by atoms with Gasteiger partial charge in [0.25, 0.3) is 0 Å². The van der Waals surface area contributed by atoms with Gasteiger partial charge >= 0.3 is 0 Å². The SMILES string of the molecule is COCCOC(C)P. The maximum Gasteiger partial charge on any atom is 0.0708 e. The minimum absolute atomic E-state index is 0.241. The van der Waals surface area contributed by atoms with Gasteiger partial charge in [-0.25, -0.2) is 0 Å². The Morgan fingerprint density at radius 1 is 1.50 bits per heavy atom. The summed E-state index contributed by atoms with van der Waals surface area (Å²) < 4.78 is 9.88. The Kier molecular flexibility index (Phi) is 5.73. The second kappa shape index (κ2) is 5.49. The van der Waals surface area contributed by atoms with E-state index in [1.165, 1.54) is 0 Å². The molecule has 3 heteroatoms. The molecule has 0 saturated heterocycles. The zero-order chi connectivity index (χ0) is 6.41. The van der Waals surface area contributed by atoms with Crippen LogP contribution in [0.5, 0.6) is 0 Å². The molecule has 0 aliphatic rings. The summed E-state index contributed by atoms with van der Waals surface area (Å²) in [6, 6.07) is 0. The number of rotatable bonds is 4. The highest BCUT2D eigenvalue weighted by molar-refractivity contribution is 7.17. The lowest BCUT2D eigenvalue weighted by Crippen LogP contribution is -2.05. The van der Waals surface area contributed by atoms with Crippen molar-refractivity contribution in [1.29, 1.82) is 0 Å². The van der Waals surface area contributed by atoms with E-state index in [4.69, 9.17) is 9.47 Å². The van der Waals surface area contributed by atoms with Crippen LogP contribution in [-0.4, -0.2) is 26.2 Å². The maximum atomic E-state index is 5.12. The van der Waals surface area contributed by atoms with Crippen LogP contribution in [-0.2, 0) is 9.47 Å². The van der Waals surface area contributed by atoms with Gasteiger partial charge in [-0.15, -0.1) is 9.24 Å². The zero-order valence-corrected chi connectivity index (χ0v) is 6.54. The van der Waals surface area contributed by atoms with Crippen molar-refractivity contribution in [3.63, 3.8) is 0 Å². The molecule has 0 aromatic rings. The van der Waals surface area contributed by atoms with Crippen LogP contribution >= 0.6 is 9.24 Å². The molecule has 0 N–H and O–H groups in total. The molecule has 0 aromatic heterocycles. The summed E-state index contributed by atoms with van der Waals surface area (Å²) in [5.41, 5.74) is 0. The molecule has 2 atom stereocenters. The van der Waals surface area contributed by atoms with Gasteiger partial charge in [-0.2, -0.15) is 0 Å². The number of ether oxygens (including phenoxy) is 2. The van der Waals surface area contributed by atoms with Gasteiger partial charge in [0.1, 0.15) is 0 Å². The fraction of sp³-hybridized carbons (Fsp3) is 1.00. The Balaban J connectivity index is 2.72. The van der Waals surface area contributed by atoms with E-state index in [1.54, 1.807) is 7.11 Å². The molecule has 8 heavy (non-hydrogen) atoms. The third kappa shape index (κ3) is 6.35. The highest BCUT2D eigenvalue weighted by Gasteiger charge is 1.89. The average molecular weight is 136 g/mol. The first-order valence-electron chi connectivity index (χ1n) is 2.63. The van der Waals surface area contributed by atoms with Gasteiger partial charge in [0.2, 0.25) is 0 Å². The van der Waals surface area contributed by atoms with E-state index in [-0.39, 0.29) is 5.85 Å². The lowest BCUT2D eigenvalue weighted by atomic mass is 10.7. The quantitative estimate of drug-likeness (QED) is 0.421. The fourth-order valence-electron chi connectivity index (χ4n) is 0.317. The molecule has 0 saturated carbocycles. The van der Waals surface area contributed by atoms with Crippen LogP contribution in [0.15, 0.2) is 0 Å². The molecule has 0 spiro atoms. The minimum Gasteiger partial charge on any atom is -0.382 e. The first-order chi connectivity index (χ1) is 3.77. The van der Waals surface area contributed by atoms with Crippen LogP contribution < -0.4 is 0 Å². The second-order valence-electron chi connectivity index (χ2n) is 1.57. The Labute approximate surface area is 52.8 Å². The summed E-state index contributed by atoms with van der Waals surface area (Å²) in [5.74, 6) is 0.241. The monoisotopic (exact) mass is 136 g/mol. The molecule has 0 aromatic carbocycles. The largest absolute Gasteiger partial charge is 0.382 e. The molecule has 0 rings (SSSR count). The Morgan fingerprint density at radius 3 is 2.50 bits per heavy atom. The van der Waals surface area contributed by atoms with E-state index < -0.39 is 0 Å². The van der Waals surface area contributed by atoms with E-state index >= 15 is 0 Å². The van der Waals surface area contributed by atoms with E-state index in [0.29, 0.717) is 13.2 Å². The zero-order valence-electron chi connectivity index (χ0n) is 5.39. The van der Waals surface area contributed by atoms with Crippen LogP contribution in [0.2, 0.25) is 0 Å². The molecule has 0 aliphatic carbocycles. The number of hydrogen-bond acceptors (Lipinski definition) is 2. The molecular weight excluding hydrogens is 123 g/mol. The van der Waals surface area contributed by atoms with Crippen LogP contribution in [0.25, 0.3) is 0 Å². The van der Waals surface area contributed by atoms with Crippen LogP contribution in [0.3, 0.4) is 0 Å². The van der Waals surface area contributed by atoms with E-state index in [0.717, 1.165) is 0 Å². The van der Waals surface area contributed by atoms with Crippen LogP contribution in [0, 0.1) is 0 Å². The molecule has 0 radical (unpaired) electrons. The van der Waals surface area contributed by atoms with Crippen molar-refractivity contribution in [2.45, 2.75) is 12.8 Å². The molecule has 0 aliphatic heterocycles. The van der Waals surface area contributed by atoms with E-state index in [1.807, 2.05) is 6.92 Å². The molecule has 2 nitrogen and oxygen atoms in total. The van der Waals surface area contributed by atoms with Gasteiger partial charge in [0.05, 0.1) is 19.1 Å². The minimum atomic E-state index is 0.241. The lowest BCUT2D eigenvalue weighted by molar-refractivity contribution is 0.0636. The second-order valence-corrected chi connectivity index (χ2v) is 2.51. The van der Waals surface area contributed by atoms with Crippen molar-refractivity contribution < 1.29 is 9.47 Å². The van der Waals surface area contributed by atoms with Crippen molar-refractivity contribution in [3.8, 4) is 0 Å². The lowest BCUT2D eigenvalue weighted by Gasteiger charge is -2.04. The van der Waals surface area contributed by atoms with Crippen LogP contribution in [0.4, 0.5) is 0 Å². The highest BCUT2D eigenvalue weighted by atomic mass is 31.0. The first kappa shape index (κ1) is 8.35. The Morgan fingerprint density at radius 2 is 2.12 bits per heavy atom. The smallest absolute Gasteiger partial charge is 0.0708 e. The van der Waals surface area contributed by atoms with E-state index in [9.17, 15) is 0 Å². The molecule has 0 heterocycles. The molecule has 50 valence electrons. The van der Waals surface area contributed by atoms with E-state index in [2.05, 4.69) is 9.24 Å². The first-order valence-corrected chi connectivity index (χ1v) is 3.30. The highest BCUT2D eigenvalue weighted by Crippen LogP contribution is 1.97. The molecular formula is C5H13O2P. The predicted molar refractivity (Wildman–Crippen MR) is 37.0 cm³/mol. The average Bonchev–Trinajstić information content (AvgIpc) is 1.66. The van der Waals surface area contributed by atoms with Crippen molar-refractivity contribution in [1.82, 2.24) is 0 Å². The molecule has 0 amide bonds. The van der Waals surface area contributed by atoms with Gasteiger partial charge in [0.15, 0.2) is 0 Å². The van der Waals surface area contributed by atoms with Crippen LogP contribution in [0.1, 0.15) is 6.92 Å². The van der Waals surface area contributed by atoms with Gasteiger partial charge in [-0.3, -0.25) is 0 Å². The summed E-state index contributed by atoms with van der Waals surface area (Å²) in [7, 11) is 4.21. The van der Waals surface area contributed by atoms with Gasteiger partial charge in [-0.05, 0) is 6.92 Å². The maximum absolute atomic E-state index is 5.12. The standard InChI is InChI=1S/C5H13O2P/c1-5(8)7-4-3-6-2/h5H,3-4,8H2,1-2H3. The van der Waals surface area contributed by atoms with Gasteiger partial charge in [0, 0.05) is 7.11 Å². The van der Waals surface area contributed by atoms with Crippen molar-refractivity contribution in [3.05, 3.63) is 0 Å². The Hall–Kier alpha value is 0.350. The third-order valence-electron chi connectivity index (χ3n) is 0.668. The summed E-state index contributed by atoms with van der Waals surface area (Å²) in [4.78, 5) is 0. The predicted octanol–water partition coefficient (Wildman–Crippen LogP) is 0.871. The number of methoxy groups -OCH3 is 1. The summed E-state index contributed by atoms with van der Waals surface area (Å²) >= 11 is 0. The van der Waals surface area contributed by atoms with Crippen molar-refractivity contribution >= 4 is 9.24 Å². The third-order valence-corrected chi connectivity index (χ3v) is 0.861. The summed E-state index contributed by atoms with van der Waals surface area (Å²) in [6.07, 6.45) is 0. The topological polar surface area (TPSA) is 18.5 Å². The normalized spacial score (nSPS) is 13.9. The fourth-order valence-corrected chi connectivity index (χ4v) is 0.453. The Bertz CT molecular complexity index is 47.7. The van der Waals surface area contributed by atoms with Gasteiger partial charge in [-0.1, -0.05) is 0 Å². The molecule has 2 unspecified atom stereocenters. The molecule has 0 bridgehead atoms. The number of hydrogen-bond donors (Lipinski definition) is 0. The van der Waals surface area contributed by atoms with Crippen molar-refractivity contribution in [2.75, 3.05) is 20.3 Å². The molecule has 0 fully saturated rings. The van der Waals surface area contributed by atoms with Gasteiger partial charge < -0.3 is 9.47 Å². The summed E-state index contributed by atoms with van der Waals surface area (Å²) in [5, 5.41) is 0.